The number of Topliss-reactive ketones (excluding diaryl/α,β-unsaturated/α-hetero) is 1. The molecule has 1 amide bonds. The molecular weight excluding hydrogens is 439 g/mol. The van der Waals surface area contributed by atoms with Gasteiger partial charge in [0.15, 0.2) is 0 Å². The van der Waals surface area contributed by atoms with E-state index in [0.717, 1.165) is 9.21 Å². The van der Waals surface area contributed by atoms with Crippen molar-refractivity contribution in [3.63, 3.8) is 0 Å². The number of sulfonamides is 1. The van der Waals surface area contributed by atoms with E-state index < -0.39 is 39.3 Å². The van der Waals surface area contributed by atoms with Crippen LogP contribution in [0.15, 0.2) is 59.0 Å². The topological polar surface area (TPSA) is 104 Å². The van der Waals surface area contributed by atoms with Gasteiger partial charge in [-0.3, -0.25) is 9.59 Å². The van der Waals surface area contributed by atoms with E-state index in [9.17, 15) is 27.5 Å². The first-order chi connectivity index (χ1) is 15.1. The molecule has 1 heterocycles. The van der Waals surface area contributed by atoms with Crippen LogP contribution >= 0.6 is 0 Å². The minimum Gasteiger partial charge on any atom is -0.507 e. The zero-order valence-electron chi connectivity index (χ0n) is 17.8. The Morgan fingerprint density at radius 3 is 2.31 bits per heavy atom. The standard InChI is InChI=1S/C22H23FN2O6S/c1-24(2)32(29,30)15-10-8-14(9-11-15)20(26)18-19(16-6-4-5-7-17(16)23)25(12-13-31-3)22(28)21(18)27/h4-11,19,26H,12-13H2,1-3H3/b20-18+/t19-/m0/s1. The number of aliphatic hydroxyl groups is 1. The number of ether oxygens (including phenoxy) is 1. The molecule has 1 aliphatic heterocycles. The number of carbonyl (C=O) groups is 2. The van der Waals surface area contributed by atoms with E-state index in [2.05, 4.69) is 0 Å². The van der Waals surface area contributed by atoms with Crippen LogP contribution in [0.2, 0.25) is 0 Å². The maximum atomic E-state index is 14.6. The minimum absolute atomic E-state index is 0.00903. The Morgan fingerprint density at radius 1 is 1.12 bits per heavy atom. The number of amides is 1. The van der Waals surface area contributed by atoms with Gasteiger partial charge in [-0.05, 0) is 30.3 Å². The van der Waals surface area contributed by atoms with Crippen LogP contribution < -0.4 is 0 Å². The SMILES string of the molecule is COCCN1C(=O)C(=O)/C(=C(/O)c2ccc(S(=O)(=O)N(C)C)cc2)[C@@H]1c1ccccc1F. The average molecular weight is 462 g/mol. The van der Waals surface area contributed by atoms with E-state index in [0.29, 0.717) is 0 Å². The molecule has 0 aromatic heterocycles. The van der Waals surface area contributed by atoms with E-state index >= 15 is 0 Å². The molecule has 0 spiro atoms. The van der Waals surface area contributed by atoms with Crippen molar-refractivity contribution in [2.24, 2.45) is 0 Å². The van der Waals surface area contributed by atoms with Crippen molar-refractivity contribution in [1.82, 2.24) is 9.21 Å². The summed E-state index contributed by atoms with van der Waals surface area (Å²) in [4.78, 5) is 26.7. The molecular formula is C22H23FN2O6S. The van der Waals surface area contributed by atoms with Crippen LogP contribution in [0.3, 0.4) is 0 Å². The molecule has 1 saturated heterocycles. The van der Waals surface area contributed by atoms with Crippen molar-refractivity contribution in [3.8, 4) is 0 Å². The summed E-state index contributed by atoms with van der Waals surface area (Å²) in [6.07, 6.45) is 0. The minimum atomic E-state index is -3.69. The maximum absolute atomic E-state index is 14.6. The lowest BCUT2D eigenvalue weighted by Crippen LogP contribution is -2.33. The highest BCUT2D eigenvalue weighted by Crippen LogP contribution is 2.40. The van der Waals surface area contributed by atoms with Crippen molar-refractivity contribution in [3.05, 3.63) is 71.0 Å². The molecule has 3 rings (SSSR count). The molecule has 0 saturated carbocycles. The molecule has 2 aromatic rings. The predicted molar refractivity (Wildman–Crippen MR) is 115 cm³/mol. The predicted octanol–water partition coefficient (Wildman–Crippen LogP) is 2.14. The normalized spacial score (nSPS) is 18.5. The highest BCUT2D eigenvalue weighted by atomic mass is 32.2. The van der Waals surface area contributed by atoms with E-state index in [-0.39, 0.29) is 34.7 Å². The van der Waals surface area contributed by atoms with Gasteiger partial charge in [0.05, 0.1) is 23.1 Å². The first kappa shape index (κ1) is 23.6. The zero-order chi connectivity index (χ0) is 23.6. The fourth-order valence-electron chi connectivity index (χ4n) is 3.47. The molecule has 1 aliphatic rings. The first-order valence-electron chi connectivity index (χ1n) is 9.66. The molecule has 2 aromatic carbocycles. The molecule has 170 valence electrons. The number of hydrogen-bond acceptors (Lipinski definition) is 6. The summed E-state index contributed by atoms with van der Waals surface area (Å²) in [5, 5.41) is 10.9. The van der Waals surface area contributed by atoms with E-state index in [4.69, 9.17) is 4.74 Å². The van der Waals surface area contributed by atoms with Gasteiger partial charge in [0.1, 0.15) is 11.6 Å². The Balaban J connectivity index is 2.14. The lowest BCUT2D eigenvalue weighted by atomic mass is 9.95. The smallest absolute Gasteiger partial charge is 0.295 e. The lowest BCUT2D eigenvalue weighted by molar-refractivity contribution is -0.140. The molecule has 1 atom stereocenters. The monoisotopic (exact) mass is 462 g/mol. The number of nitrogens with zero attached hydrogens (tertiary/aromatic N) is 2. The Kier molecular flexibility index (Phi) is 6.77. The summed E-state index contributed by atoms with van der Waals surface area (Å²) in [7, 11) is 0.511. The Bertz CT molecular complexity index is 1180. The molecule has 0 bridgehead atoms. The van der Waals surface area contributed by atoms with Crippen LogP contribution in [0.5, 0.6) is 0 Å². The van der Waals surface area contributed by atoms with Crippen molar-refractivity contribution in [2.75, 3.05) is 34.4 Å². The fraction of sp³-hybridized carbons (Fsp3) is 0.273. The number of halogens is 1. The van der Waals surface area contributed by atoms with Gasteiger partial charge in [0, 0.05) is 38.9 Å². The fourth-order valence-corrected chi connectivity index (χ4v) is 4.37. The second-order valence-electron chi connectivity index (χ2n) is 7.32. The van der Waals surface area contributed by atoms with Gasteiger partial charge in [-0.1, -0.05) is 18.2 Å². The highest BCUT2D eigenvalue weighted by molar-refractivity contribution is 7.89. The number of rotatable bonds is 7. The third-order valence-corrected chi connectivity index (χ3v) is 7.01. The number of benzene rings is 2. The molecule has 0 unspecified atom stereocenters. The van der Waals surface area contributed by atoms with Crippen molar-refractivity contribution < 1.29 is 32.2 Å². The summed E-state index contributed by atoms with van der Waals surface area (Å²) >= 11 is 0. The van der Waals surface area contributed by atoms with Gasteiger partial charge in [0.2, 0.25) is 10.0 Å². The van der Waals surface area contributed by atoms with Gasteiger partial charge in [-0.2, -0.15) is 0 Å². The lowest BCUT2D eigenvalue weighted by Gasteiger charge is -2.25. The summed E-state index contributed by atoms with van der Waals surface area (Å²) in [5.41, 5.74) is -0.107. The zero-order valence-corrected chi connectivity index (χ0v) is 18.6. The second kappa shape index (κ2) is 9.19. The van der Waals surface area contributed by atoms with Crippen molar-refractivity contribution >= 4 is 27.5 Å². The number of methoxy groups -OCH3 is 1. The summed E-state index contributed by atoms with van der Waals surface area (Å²) in [6, 6.07) is 9.74. The number of hydrogen-bond donors (Lipinski definition) is 1. The van der Waals surface area contributed by atoms with Crippen LogP contribution in [0.4, 0.5) is 4.39 Å². The largest absolute Gasteiger partial charge is 0.507 e. The second-order valence-corrected chi connectivity index (χ2v) is 9.47. The molecule has 0 aliphatic carbocycles. The Morgan fingerprint density at radius 2 is 1.75 bits per heavy atom. The van der Waals surface area contributed by atoms with Crippen LogP contribution in [0.25, 0.3) is 5.76 Å². The van der Waals surface area contributed by atoms with Gasteiger partial charge in [-0.15, -0.1) is 0 Å². The summed E-state index contributed by atoms with van der Waals surface area (Å²) < 4.78 is 45.2. The first-order valence-corrected chi connectivity index (χ1v) is 11.1. The maximum Gasteiger partial charge on any atom is 0.295 e. The Hall–Kier alpha value is -3.08. The van der Waals surface area contributed by atoms with Crippen LogP contribution in [0, 0.1) is 5.82 Å². The molecule has 8 nitrogen and oxygen atoms in total. The summed E-state index contributed by atoms with van der Waals surface area (Å²) in [6.45, 7) is 0.117. The van der Waals surface area contributed by atoms with E-state index in [1.165, 1.54) is 63.7 Å². The van der Waals surface area contributed by atoms with Crippen molar-refractivity contribution in [1.29, 1.82) is 0 Å². The van der Waals surface area contributed by atoms with Crippen LogP contribution in [-0.4, -0.2) is 68.8 Å². The number of aliphatic hydroxyl groups excluding tert-OH is 1. The third kappa shape index (κ3) is 4.16. The third-order valence-electron chi connectivity index (χ3n) is 5.18. The highest BCUT2D eigenvalue weighted by Gasteiger charge is 2.46. The molecule has 32 heavy (non-hydrogen) atoms. The number of carbonyl (C=O) groups excluding carboxylic acids is 2. The van der Waals surface area contributed by atoms with E-state index in [1.54, 1.807) is 6.07 Å². The van der Waals surface area contributed by atoms with Crippen molar-refractivity contribution in [2.45, 2.75) is 10.9 Å². The Labute approximate surface area is 185 Å². The van der Waals surface area contributed by atoms with Gasteiger partial charge in [-0.25, -0.2) is 17.1 Å². The molecule has 10 heteroatoms. The van der Waals surface area contributed by atoms with Crippen LogP contribution in [-0.2, 0) is 24.3 Å². The number of likely N-dealkylation sites (tertiary alicyclic amines) is 1. The quantitative estimate of drug-likeness (QED) is 0.384. The van der Waals surface area contributed by atoms with E-state index in [1.807, 2.05) is 0 Å². The molecule has 1 fully saturated rings. The van der Waals surface area contributed by atoms with Gasteiger partial charge >= 0.3 is 0 Å². The van der Waals surface area contributed by atoms with Gasteiger partial charge in [0.25, 0.3) is 11.7 Å². The number of ketones is 1. The summed E-state index contributed by atoms with van der Waals surface area (Å²) in [5.74, 6) is -3.01. The average Bonchev–Trinajstić information content (AvgIpc) is 3.02. The molecule has 0 radical (unpaired) electrons. The van der Waals surface area contributed by atoms with Crippen LogP contribution in [0.1, 0.15) is 17.2 Å². The van der Waals surface area contributed by atoms with Gasteiger partial charge < -0.3 is 14.7 Å². The molecule has 1 N–H and O–H groups in total.